The molecule has 62 valence electrons. The summed E-state index contributed by atoms with van der Waals surface area (Å²) in [5, 5.41) is 17.7. The standard InChI is InChI=1S/C10H11NO/c1-2-8-7-10(12)4-3-9(8)5-6-11/h3-4,7,12H,2,5H2,1H3. The second-order valence-corrected chi connectivity index (χ2v) is 2.64. The van der Waals surface area contributed by atoms with Gasteiger partial charge in [0.1, 0.15) is 5.75 Å². The van der Waals surface area contributed by atoms with Gasteiger partial charge in [-0.15, -0.1) is 0 Å². The number of hydrogen-bond acceptors (Lipinski definition) is 2. The number of nitrogens with zero attached hydrogens (tertiary/aromatic N) is 1. The van der Waals surface area contributed by atoms with Crippen molar-refractivity contribution in [1.29, 1.82) is 5.26 Å². The molecule has 0 radical (unpaired) electrons. The quantitative estimate of drug-likeness (QED) is 0.721. The zero-order chi connectivity index (χ0) is 8.97. The van der Waals surface area contributed by atoms with Crippen LogP contribution in [0.1, 0.15) is 18.1 Å². The first-order valence-corrected chi connectivity index (χ1v) is 3.95. The highest BCUT2D eigenvalue weighted by molar-refractivity contribution is 5.36. The van der Waals surface area contributed by atoms with Crippen LogP contribution in [0, 0.1) is 11.3 Å². The number of phenols is 1. The van der Waals surface area contributed by atoms with Gasteiger partial charge < -0.3 is 5.11 Å². The molecule has 0 fully saturated rings. The summed E-state index contributed by atoms with van der Waals surface area (Å²) >= 11 is 0. The lowest BCUT2D eigenvalue weighted by Crippen LogP contribution is -1.90. The first kappa shape index (κ1) is 8.61. The molecular weight excluding hydrogens is 150 g/mol. The van der Waals surface area contributed by atoms with E-state index in [0.29, 0.717) is 6.42 Å². The highest BCUT2D eigenvalue weighted by Gasteiger charge is 2.00. The van der Waals surface area contributed by atoms with Crippen LogP contribution in [0.25, 0.3) is 0 Å². The van der Waals surface area contributed by atoms with Crippen LogP contribution in [0.5, 0.6) is 5.75 Å². The van der Waals surface area contributed by atoms with Gasteiger partial charge in [-0.2, -0.15) is 5.26 Å². The highest BCUT2D eigenvalue weighted by Crippen LogP contribution is 2.17. The molecule has 2 nitrogen and oxygen atoms in total. The van der Waals surface area contributed by atoms with Crippen LogP contribution < -0.4 is 0 Å². The van der Waals surface area contributed by atoms with Gasteiger partial charge in [0.25, 0.3) is 0 Å². The van der Waals surface area contributed by atoms with Gasteiger partial charge in [0.2, 0.25) is 0 Å². The lowest BCUT2D eigenvalue weighted by Gasteiger charge is -2.03. The van der Waals surface area contributed by atoms with Crippen LogP contribution in [0.15, 0.2) is 18.2 Å². The third-order valence-corrected chi connectivity index (χ3v) is 1.84. The predicted octanol–water partition coefficient (Wildman–Crippen LogP) is 2.02. The Morgan fingerprint density at radius 3 is 2.75 bits per heavy atom. The van der Waals surface area contributed by atoms with Gasteiger partial charge in [0.15, 0.2) is 0 Å². The molecule has 1 rings (SSSR count). The van der Waals surface area contributed by atoms with Crippen LogP contribution >= 0.6 is 0 Å². The lowest BCUT2D eigenvalue weighted by molar-refractivity contribution is 0.474. The molecule has 0 amide bonds. The zero-order valence-corrected chi connectivity index (χ0v) is 7.04. The highest BCUT2D eigenvalue weighted by atomic mass is 16.3. The number of aromatic hydroxyl groups is 1. The summed E-state index contributed by atoms with van der Waals surface area (Å²) in [4.78, 5) is 0. The van der Waals surface area contributed by atoms with E-state index in [4.69, 9.17) is 10.4 Å². The first-order chi connectivity index (χ1) is 5.77. The molecule has 1 aromatic rings. The average molecular weight is 161 g/mol. The summed E-state index contributed by atoms with van der Waals surface area (Å²) in [6, 6.07) is 7.23. The van der Waals surface area contributed by atoms with Crippen molar-refractivity contribution in [3.8, 4) is 11.8 Å². The summed E-state index contributed by atoms with van der Waals surface area (Å²) in [6.07, 6.45) is 1.27. The fourth-order valence-electron chi connectivity index (χ4n) is 1.20. The Hall–Kier alpha value is -1.49. The van der Waals surface area contributed by atoms with E-state index in [2.05, 4.69) is 6.07 Å². The summed E-state index contributed by atoms with van der Waals surface area (Å²) in [6.45, 7) is 2.01. The molecule has 0 heterocycles. The van der Waals surface area contributed by atoms with Gasteiger partial charge in [-0.3, -0.25) is 0 Å². The number of phenolic OH excluding ortho intramolecular Hbond substituents is 1. The van der Waals surface area contributed by atoms with Gasteiger partial charge in [0.05, 0.1) is 12.5 Å². The first-order valence-electron chi connectivity index (χ1n) is 3.95. The van der Waals surface area contributed by atoms with Gasteiger partial charge in [0, 0.05) is 0 Å². The molecule has 0 spiro atoms. The smallest absolute Gasteiger partial charge is 0.115 e. The molecule has 0 unspecified atom stereocenters. The van der Waals surface area contributed by atoms with E-state index in [0.717, 1.165) is 17.5 Å². The minimum atomic E-state index is 0.272. The lowest BCUT2D eigenvalue weighted by atomic mass is 10.0. The van der Waals surface area contributed by atoms with E-state index < -0.39 is 0 Å². The third-order valence-electron chi connectivity index (χ3n) is 1.84. The minimum absolute atomic E-state index is 0.272. The van der Waals surface area contributed by atoms with E-state index >= 15 is 0 Å². The molecule has 0 aliphatic rings. The monoisotopic (exact) mass is 161 g/mol. The van der Waals surface area contributed by atoms with Crippen molar-refractivity contribution < 1.29 is 5.11 Å². The van der Waals surface area contributed by atoms with E-state index in [1.165, 1.54) is 0 Å². The van der Waals surface area contributed by atoms with Crippen LogP contribution in [-0.2, 0) is 12.8 Å². The fraction of sp³-hybridized carbons (Fsp3) is 0.300. The van der Waals surface area contributed by atoms with Crippen LogP contribution in [0.3, 0.4) is 0 Å². The second-order valence-electron chi connectivity index (χ2n) is 2.64. The molecule has 0 aliphatic carbocycles. The Kier molecular flexibility index (Phi) is 2.71. The molecule has 0 saturated carbocycles. The van der Waals surface area contributed by atoms with Crippen molar-refractivity contribution >= 4 is 0 Å². The molecule has 0 bridgehead atoms. The molecule has 1 aromatic carbocycles. The maximum atomic E-state index is 9.15. The van der Waals surface area contributed by atoms with Crippen molar-refractivity contribution in [3.05, 3.63) is 29.3 Å². The van der Waals surface area contributed by atoms with Crippen molar-refractivity contribution in [1.82, 2.24) is 0 Å². The predicted molar refractivity (Wildman–Crippen MR) is 46.8 cm³/mol. The topological polar surface area (TPSA) is 44.0 Å². The summed E-state index contributed by atoms with van der Waals surface area (Å²) in [5.74, 6) is 0.272. The summed E-state index contributed by atoms with van der Waals surface area (Å²) < 4.78 is 0. The molecule has 0 aromatic heterocycles. The van der Waals surface area contributed by atoms with E-state index in [-0.39, 0.29) is 5.75 Å². The Labute approximate surface area is 72.1 Å². The number of benzene rings is 1. The molecular formula is C10H11NO. The number of hydrogen-bond donors (Lipinski definition) is 1. The SMILES string of the molecule is CCc1cc(O)ccc1CC#N. The molecule has 0 saturated heterocycles. The van der Waals surface area contributed by atoms with Gasteiger partial charge in [-0.25, -0.2) is 0 Å². The Morgan fingerprint density at radius 2 is 2.17 bits per heavy atom. The van der Waals surface area contributed by atoms with Crippen molar-refractivity contribution in [2.24, 2.45) is 0 Å². The Balaban J connectivity index is 3.04. The Bertz CT molecular complexity index is 312. The van der Waals surface area contributed by atoms with Gasteiger partial charge in [-0.1, -0.05) is 13.0 Å². The minimum Gasteiger partial charge on any atom is -0.508 e. The molecule has 12 heavy (non-hydrogen) atoms. The molecule has 0 aliphatic heterocycles. The number of aryl methyl sites for hydroxylation is 1. The average Bonchev–Trinajstić information content (AvgIpc) is 2.08. The Morgan fingerprint density at radius 1 is 1.42 bits per heavy atom. The largest absolute Gasteiger partial charge is 0.508 e. The van der Waals surface area contributed by atoms with E-state index in [1.807, 2.05) is 6.92 Å². The molecule has 1 N–H and O–H groups in total. The van der Waals surface area contributed by atoms with E-state index in [9.17, 15) is 0 Å². The maximum absolute atomic E-state index is 9.15. The van der Waals surface area contributed by atoms with Crippen molar-refractivity contribution in [3.63, 3.8) is 0 Å². The van der Waals surface area contributed by atoms with Crippen LogP contribution in [-0.4, -0.2) is 5.11 Å². The van der Waals surface area contributed by atoms with Gasteiger partial charge in [-0.05, 0) is 29.7 Å². The number of rotatable bonds is 2. The summed E-state index contributed by atoms with van der Waals surface area (Å²) in [7, 11) is 0. The third kappa shape index (κ3) is 1.76. The normalized spacial score (nSPS) is 9.33. The maximum Gasteiger partial charge on any atom is 0.115 e. The van der Waals surface area contributed by atoms with Crippen LogP contribution in [0.2, 0.25) is 0 Å². The second kappa shape index (κ2) is 3.77. The van der Waals surface area contributed by atoms with E-state index in [1.54, 1.807) is 18.2 Å². The van der Waals surface area contributed by atoms with Crippen LogP contribution in [0.4, 0.5) is 0 Å². The fourth-order valence-corrected chi connectivity index (χ4v) is 1.20. The van der Waals surface area contributed by atoms with Crippen molar-refractivity contribution in [2.75, 3.05) is 0 Å². The van der Waals surface area contributed by atoms with Gasteiger partial charge >= 0.3 is 0 Å². The molecule has 2 heteroatoms. The summed E-state index contributed by atoms with van der Waals surface area (Å²) in [5.41, 5.74) is 2.06. The zero-order valence-electron chi connectivity index (χ0n) is 7.04. The number of nitriles is 1. The van der Waals surface area contributed by atoms with Crippen molar-refractivity contribution in [2.45, 2.75) is 19.8 Å². The molecule has 0 atom stereocenters.